The van der Waals surface area contributed by atoms with Gasteiger partial charge in [0.15, 0.2) is 0 Å². The Bertz CT molecular complexity index is 1150. The van der Waals surface area contributed by atoms with Crippen LogP contribution in [0.15, 0.2) is 41.1 Å². The summed E-state index contributed by atoms with van der Waals surface area (Å²) in [6, 6.07) is 10.3. The van der Waals surface area contributed by atoms with Gasteiger partial charge in [0, 0.05) is 22.8 Å². The van der Waals surface area contributed by atoms with E-state index >= 15 is 0 Å². The van der Waals surface area contributed by atoms with Crippen LogP contribution in [0.4, 0.5) is 10.5 Å². The number of amides is 1. The number of anilines is 1. The zero-order valence-electron chi connectivity index (χ0n) is 16.6. The summed E-state index contributed by atoms with van der Waals surface area (Å²) in [6.07, 6.45) is 4.85. The van der Waals surface area contributed by atoms with Crippen LogP contribution >= 0.6 is 15.9 Å². The highest BCUT2D eigenvalue weighted by Gasteiger charge is 2.27. The maximum atomic E-state index is 12.6. The third kappa shape index (κ3) is 3.73. The Labute approximate surface area is 177 Å². The molecule has 3 heterocycles. The fraction of sp³-hybridized carbons (Fsp3) is 0.318. The zero-order valence-corrected chi connectivity index (χ0v) is 18.2. The van der Waals surface area contributed by atoms with Crippen molar-refractivity contribution in [2.24, 2.45) is 0 Å². The number of hydrogen-bond acceptors (Lipinski definition) is 4. The van der Waals surface area contributed by atoms with Crippen molar-refractivity contribution in [3.63, 3.8) is 0 Å². The monoisotopic (exact) mass is 452 g/mol. The zero-order chi connectivity index (χ0) is 20.8. The molecule has 3 aromatic rings. The number of nitrogens with zero attached hydrogens (tertiary/aromatic N) is 4. The average molecular weight is 453 g/mol. The van der Waals surface area contributed by atoms with E-state index in [1.807, 2.05) is 45.2 Å². The van der Waals surface area contributed by atoms with Gasteiger partial charge in [-0.15, -0.1) is 0 Å². The molecule has 0 atom stereocenters. The molecule has 2 aromatic heterocycles. The number of pyridine rings is 1. The van der Waals surface area contributed by atoms with Crippen LogP contribution < -0.4 is 4.90 Å². The van der Waals surface area contributed by atoms with Gasteiger partial charge in [0.1, 0.15) is 11.7 Å². The van der Waals surface area contributed by atoms with Crippen LogP contribution in [0.3, 0.4) is 0 Å². The Hall–Kier alpha value is -2.85. The Balaban J connectivity index is 1.78. The molecule has 29 heavy (non-hydrogen) atoms. The lowest BCUT2D eigenvalue weighted by Crippen LogP contribution is -2.39. The number of aromatic nitrogens is 2. The summed E-state index contributed by atoms with van der Waals surface area (Å²) in [7, 11) is 0. The molecule has 4 rings (SSSR count). The molecule has 0 bridgehead atoms. The number of ether oxygens (including phenoxy) is 1. The molecule has 7 heteroatoms. The molecule has 0 fully saturated rings. The van der Waals surface area contributed by atoms with E-state index in [-0.39, 0.29) is 6.09 Å². The summed E-state index contributed by atoms with van der Waals surface area (Å²) in [6.45, 7) is 6.25. The van der Waals surface area contributed by atoms with Gasteiger partial charge in [0.2, 0.25) is 0 Å². The molecular weight excluding hydrogens is 432 g/mol. The van der Waals surface area contributed by atoms with Gasteiger partial charge in [-0.25, -0.2) is 9.31 Å². The molecule has 148 valence electrons. The largest absolute Gasteiger partial charge is 0.443 e. The highest BCUT2D eigenvalue weighted by atomic mass is 79.9. The lowest BCUT2D eigenvalue weighted by atomic mass is 9.95. The maximum Gasteiger partial charge on any atom is 0.414 e. The molecule has 0 saturated heterocycles. The van der Waals surface area contributed by atoms with Gasteiger partial charge >= 0.3 is 6.09 Å². The van der Waals surface area contributed by atoms with Gasteiger partial charge in [-0.05, 0) is 78.9 Å². The number of rotatable bonds is 1. The number of carbonyl (C=O) groups excluding carboxylic acids is 1. The van der Waals surface area contributed by atoms with Gasteiger partial charge in [-0.1, -0.05) is 6.07 Å². The molecular formula is C22H21BrN4O2. The van der Waals surface area contributed by atoms with E-state index in [0.717, 1.165) is 45.2 Å². The SMILES string of the molecule is CC(C)(C)OC(=O)N1CCCc2cc(-c3cc(Br)cn4ncc(C#N)c34)ccc21. The van der Waals surface area contributed by atoms with Crippen molar-refractivity contribution in [1.29, 1.82) is 5.26 Å². The summed E-state index contributed by atoms with van der Waals surface area (Å²) in [5.74, 6) is 0. The summed E-state index contributed by atoms with van der Waals surface area (Å²) in [5, 5.41) is 13.8. The molecule has 1 amide bonds. The van der Waals surface area contributed by atoms with Crippen LogP contribution in [0.2, 0.25) is 0 Å². The van der Waals surface area contributed by atoms with Crippen molar-refractivity contribution in [3.05, 3.63) is 52.3 Å². The van der Waals surface area contributed by atoms with E-state index in [0.29, 0.717) is 12.1 Å². The van der Waals surface area contributed by atoms with Crippen molar-refractivity contribution >= 4 is 33.2 Å². The Morgan fingerprint density at radius 2 is 2.10 bits per heavy atom. The number of carbonyl (C=O) groups is 1. The van der Waals surface area contributed by atoms with Gasteiger partial charge < -0.3 is 4.74 Å². The minimum absolute atomic E-state index is 0.321. The van der Waals surface area contributed by atoms with Crippen LogP contribution in [0, 0.1) is 11.3 Å². The lowest BCUT2D eigenvalue weighted by molar-refractivity contribution is 0.0578. The number of aryl methyl sites for hydroxylation is 1. The van der Waals surface area contributed by atoms with E-state index in [4.69, 9.17) is 4.74 Å². The molecule has 6 nitrogen and oxygen atoms in total. The highest BCUT2D eigenvalue weighted by Crippen LogP contribution is 2.35. The minimum Gasteiger partial charge on any atom is -0.443 e. The minimum atomic E-state index is -0.535. The molecule has 0 N–H and O–H groups in total. The first-order valence-corrected chi connectivity index (χ1v) is 10.3. The number of nitriles is 1. The molecule has 0 unspecified atom stereocenters. The maximum absolute atomic E-state index is 12.6. The second-order valence-corrected chi connectivity index (χ2v) is 9.03. The van der Waals surface area contributed by atoms with E-state index in [2.05, 4.69) is 33.2 Å². The van der Waals surface area contributed by atoms with Crippen LogP contribution in [-0.2, 0) is 11.2 Å². The van der Waals surface area contributed by atoms with Crippen LogP contribution in [0.25, 0.3) is 16.6 Å². The Kier molecular flexibility index (Phi) is 4.83. The van der Waals surface area contributed by atoms with Crippen molar-refractivity contribution in [2.75, 3.05) is 11.4 Å². The smallest absolute Gasteiger partial charge is 0.414 e. The fourth-order valence-corrected chi connectivity index (χ4v) is 4.09. The summed E-state index contributed by atoms with van der Waals surface area (Å²) >= 11 is 3.53. The number of benzene rings is 1. The normalized spacial score (nSPS) is 13.8. The van der Waals surface area contributed by atoms with Gasteiger partial charge in [-0.3, -0.25) is 4.90 Å². The molecule has 0 radical (unpaired) electrons. The molecule has 1 aliphatic heterocycles. The standard InChI is InChI=1S/C22H21BrN4O2/c1-22(2,3)29-21(28)26-8-4-5-15-9-14(6-7-19(15)26)18-10-17(23)13-27-20(18)16(11-24)12-25-27/h6-7,9-10,12-13H,4-5,8H2,1-3H3. The van der Waals surface area contributed by atoms with Gasteiger partial charge in [-0.2, -0.15) is 10.4 Å². The van der Waals surface area contributed by atoms with E-state index in [9.17, 15) is 10.1 Å². The van der Waals surface area contributed by atoms with Crippen molar-refractivity contribution in [2.45, 2.75) is 39.2 Å². The van der Waals surface area contributed by atoms with E-state index < -0.39 is 5.60 Å². The first kappa shape index (κ1) is 19.5. The Morgan fingerprint density at radius 1 is 1.31 bits per heavy atom. The number of hydrogen-bond donors (Lipinski definition) is 0. The first-order valence-electron chi connectivity index (χ1n) is 9.47. The fourth-order valence-electron chi connectivity index (χ4n) is 3.66. The van der Waals surface area contributed by atoms with E-state index in [1.54, 1.807) is 15.6 Å². The molecule has 1 aliphatic rings. The third-order valence-corrected chi connectivity index (χ3v) is 5.26. The number of fused-ring (bicyclic) bond motifs is 2. The predicted molar refractivity (Wildman–Crippen MR) is 115 cm³/mol. The van der Waals surface area contributed by atoms with Crippen LogP contribution in [0.1, 0.15) is 38.3 Å². The molecule has 0 aliphatic carbocycles. The summed E-state index contributed by atoms with van der Waals surface area (Å²) < 4.78 is 8.16. The number of halogens is 1. The molecule has 0 saturated carbocycles. The summed E-state index contributed by atoms with van der Waals surface area (Å²) in [5.41, 5.74) is 4.65. The van der Waals surface area contributed by atoms with Crippen molar-refractivity contribution in [3.8, 4) is 17.2 Å². The van der Waals surface area contributed by atoms with E-state index in [1.165, 1.54) is 0 Å². The topological polar surface area (TPSA) is 70.6 Å². The third-order valence-electron chi connectivity index (χ3n) is 4.82. The Morgan fingerprint density at radius 3 is 2.83 bits per heavy atom. The first-order chi connectivity index (χ1) is 13.8. The van der Waals surface area contributed by atoms with Gasteiger partial charge in [0.25, 0.3) is 0 Å². The summed E-state index contributed by atoms with van der Waals surface area (Å²) in [4.78, 5) is 14.4. The van der Waals surface area contributed by atoms with Crippen LogP contribution in [0.5, 0.6) is 0 Å². The second kappa shape index (κ2) is 7.20. The molecule has 1 aromatic carbocycles. The van der Waals surface area contributed by atoms with Crippen LogP contribution in [-0.4, -0.2) is 27.9 Å². The van der Waals surface area contributed by atoms with Crippen molar-refractivity contribution < 1.29 is 9.53 Å². The van der Waals surface area contributed by atoms with Crippen molar-refractivity contribution in [1.82, 2.24) is 9.61 Å². The highest BCUT2D eigenvalue weighted by molar-refractivity contribution is 9.10. The quantitative estimate of drug-likeness (QED) is 0.500. The predicted octanol–water partition coefficient (Wildman–Crippen LogP) is 5.32. The van der Waals surface area contributed by atoms with Gasteiger partial charge in [0.05, 0.1) is 23.0 Å². The molecule has 0 spiro atoms. The average Bonchev–Trinajstić information content (AvgIpc) is 3.07. The second-order valence-electron chi connectivity index (χ2n) is 8.11. The lowest BCUT2D eigenvalue weighted by Gasteiger charge is -2.32.